The number of hydrogen-bond donors (Lipinski definition) is 0. The highest BCUT2D eigenvalue weighted by molar-refractivity contribution is 7.08. The Morgan fingerprint density at radius 2 is 2.00 bits per heavy atom. The van der Waals surface area contributed by atoms with Crippen LogP contribution in [-0.2, 0) is 16.6 Å². The second-order valence-electron chi connectivity index (χ2n) is 8.22. The minimum Gasteiger partial charge on any atom is -0.341 e. The monoisotopic (exact) mass is 417 g/mol. The fourth-order valence-electron chi connectivity index (χ4n) is 4.70. The average Bonchev–Trinajstić information content (AvgIpc) is 3.50. The summed E-state index contributed by atoms with van der Waals surface area (Å²) in [7, 11) is 0. The number of carbonyl (C=O) groups is 2. The van der Waals surface area contributed by atoms with Crippen molar-refractivity contribution in [1.29, 1.82) is 0 Å². The largest absolute Gasteiger partial charge is 0.341 e. The first kappa shape index (κ1) is 19.0. The zero-order valence-electron chi connectivity index (χ0n) is 16.9. The van der Waals surface area contributed by atoms with Gasteiger partial charge >= 0.3 is 0 Å². The molecule has 4 heterocycles. The molecule has 0 radical (unpaired) electrons. The maximum Gasteiger partial charge on any atom is 0.259 e. The van der Waals surface area contributed by atoms with Crippen molar-refractivity contribution in [1.82, 2.24) is 9.88 Å². The Labute approximate surface area is 180 Å². The molecular formula is C24H23N3O2S. The van der Waals surface area contributed by atoms with Gasteiger partial charge in [-0.25, -0.2) is 0 Å². The Hall–Kier alpha value is -2.99. The summed E-state index contributed by atoms with van der Waals surface area (Å²) in [5.41, 5.74) is 4.45. The molecule has 1 aromatic carbocycles. The topological polar surface area (TPSA) is 53.5 Å². The molecule has 2 aliphatic rings. The smallest absolute Gasteiger partial charge is 0.259 e. The number of benzene rings is 1. The molecule has 5 rings (SSSR count). The highest BCUT2D eigenvalue weighted by atomic mass is 32.1. The molecule has 1 saturated heterocycles. The Balaban J connectivity index is 1.39. The number of aromatic nitrogens is 1. The summed E-state index contributed by atoms with van der Waals surface area (Å²) in [5.74, 6) is 0.147. The van der Waals surface area contributed by atoms with Crippen molar-refractivity contribution < 1.29 is 9.59 Å². The fraction of sp³-hybridized carbons (Fsp3) is 0.292. The second-order valence-corrected chi connectivity index (χ2v) is 9.00. The van der Waals surface area contributed by atoms with Crippen molar-refractivity contribution in [3.8, 4) is 0 Å². The molecule has 1 unspecified atom stereocenters. The molecule has 152 valence electrons. The van der Waals surface area contributed by atoms with E-state index in [0.717, 1.165) is 28.9 Å². The Morgan fingerprint density at radius 3 is 2.80 bits per heavy atom. The lowest BCUT2D eigenvalue weighted by molar-refractivity contribution is -0.129. The third-order valence-corrected chi connectivity index (χ3v) is 7.05. The van der Waals surface area contributed by atoms with Crippen LogP contribution in [0.3, 0.4) is 0 Å². The molecule has 0 N–H and O–H groups in total. The zero-order valence-corrected chi connectivity index (χ0v) is 17.7. The van der Waals surface area contributed by atoms with Crippen LogP contribution in [-0.4, -0.2) is 41.3 Å². The molecule has 1 spiro atoms. The van der Waals surface area contributed by atoms with Crippen molar-refractivity contribution >= 4 is 28.8 Å². The standard InChI is InChI=1S/C24H23N3O2S/c1-17-5-2-3-6-18(17)13-21(28)26-11-9-24(15-26)16-27(20-7-4-10-25-22(20)24)23(29)19-8-12-30-14-19/h2-8,10,12,14H,9,11,13,15-16H2,1H3. The van der Waals surface area contributed by atoms with Gasteiger partial charge in [-0.2, -0.15) is 11.3 Å². The van der Waals surface area contributed by atoms with E-state index in [9.17, 15) is 9.59 Å². The first-order valence-electron chi connectivity index (χ1n) is 10.2. The van der Waals surface area contributed by atoms with Crippen molar-refractivity contribution in [2.75, 3.05) is 24.5 Å². The average molecular weight is 418 g/mol. The van der Waals surface area contributed by atoms with Crippen LogP contribution in [0, 0.1) is 6.92 Å². The number of rotatable bonds is 3. The van der Waals surface area contributed by atoms with Gasteiger partial charge in [0.05, 0.1) is 28.8 Å². The third-order valence-electron chi connectivity index (χ3n) is 6.36. The van der Waals surface area contributed by atoms with Gasteiger partial charge in [-0.3, -0.25) is 14.6 Å². The Morgan fingerprint density at radius 1 is 1.13 bits per heavy atom. The number of thiophene rings is 1. The highest BCUT2D eigenvalue weighted by Crippen LogP contribution is 2.45. The number of anilines is 1. The van der Waals surface area contributed by atoms with Gasteiger partial charge in [-0.1, -0.05) is 24.3 Å². The third kappa shape index (κ3) is 3.12. The van der Waals surface area contributed by atoms with Crippen LogP contribution in [0.4, 0.5) is 5.69 Å². The van der Waals surface area contributed by atoms with Gasteiger partial charge in [-0.15, -0.1) is 0 Å². The van der Waals surface area contributed by atoms with Crippen LogP contribution < -0.4 is 4.90 Å². The maximum atomic E-state index is 13.1. The number of aryl methyl sites for hydroxylation is 1. The molecule has 2 amide bonds. The number of amides is 2. The summed E-state index contributed by atoms with van der Waals surface area (Å²) in [5, 5.41) is 3.81. The SMILES string of the molecule is Cc1ccccc1CC(=O)N1CCC2(C1)CN(C(=O)c1ccsc1)c1cccnc12. The van der Waals surface area contributed by atoms with E-state index in [2.05, 4.69) is 4.98 Å². The summed E-state index contributed by atoms with van der Waals surface area (Å²) in [6.45, 7) is 3.91. The Kier molecular flexibility index (Phi) is 4.66. The number of likely N-dealkylation sites (tertiary alicyclic amines) is 1. The van der Waals surface area contributed by atoms with Gasteiger partial charge in [-0.05, 0) is 48.1 Å². The van der Waals surface area contributed by atoms with Crippen LogP contribution in [0.1, 0.15) is 33.6 Å². The van der Waals surface area contributed by atoms with Crippen molar-refractivity contribution in [2.45, 2.75) is 25.2 Å². The number of hydrogen-bond acceptors (Lipinski definition) is 4. The molecule has 2 aliphatic heterocycles. The first-order valence-corrected chi connectivity index (χ1v) is 11.1. The van der Waals surface area contributed by atoms with E-state index in [1.165, 1.54) is 11.3 Å². The quantitative estimate of drug-likeness (QED) is 0.651. The Bertz CT molecular complexity index is 1110. The molecule has 1 atom stereocenters. The van der Waals surface area contributed by atoms with Crippen LogP contribution >= 0.6 is 11.3 Å². The van der Waals surface area contributed by atoms with Crippen LogP contribution in [0.5, 0.6) is 0 Å². The molecule has 1 fully saturated rings. The molecular weight excluding hydrogens is 394 g/mol. The molecule has 0 bridgehead atoms. The van der Waals surface area contributed by atoms with Gasteiger partial charge < -0.3 is 9.80 Å². The number of fused-ring (bicyclic) bond motifs is 2. The summed E-state index contributed by atoms with van der Waals surface area (Å²) in [4.78, 5) is 34.6. The maximum absolute atomic E-state index is 13.1. The van der Waals surface area contributed by atoms with Crippen LogP contribution in [0.15, 0.2) is 59.4 Å². The van der Waals surface area contributed by atoms with E-state index in [1.807, 2.05) is 69.9 Å². The fourth-order valence-corrected chi connectivity index (χ4v) is 5.33. The molecule has 0 saturated carbocycles. The summed E-state index contributed by atoms with van der Waals surface area (Å²) in [6.07, 6.45) is 3.02. The van der Waals surface area contributed by atoms with E-state index in [4.69, 9.17) is 0 Å². The molecule has 3 aromatic rings. The molecule has 5 nitrogen and oxygen atoms in total. The minimum absolute atomic E-state index is 0.00654. The van der Waals surface area contributed by atoms with Crippen LogP contribution in [0.2, 0.25) is 0 Å². The van der Waals surface area contributed by atoms with Gasteiger partial charge in [0, 0.05) is 31.2 Å². The summed E-state index contributed by atoms with van der Waals surface area (Å²) in [6, 6.07) is 13.7. The normalized spacial score (nSPS) is 20.0. The zero-order chi connectivity index (χ0) is 20.7. The lowest BCUT2D eigenvalue weighted by atomic mass is 9.85. The van der Waals surface area contributed by atoms with E-state index in [1.54, 1.807) is 6.20 Å². The van der Waals surface area contributed by atoms with E-state index in [-0.39, 0.29) is 17.2 Å². The van der Waals surface area contributed by atoms with E-state index < -0.39 is 0 Å². The minimum atomic E-state index is -0.288. The molecule has 2 aromatic heterocycles. The van der Waals surface area contributed by atoms with Gasteiger partial charge in [0.25, 0.3) is 5.91 Å². The number of nitrogens with zero attached hydrogens (tertiary/aromatic N) is 3. The molecule has 0 aliphatic carbocycles. The van der Waals surface area contributed by atoms with E-state index >= 15 is 0 Å². The second kappa shape index (κ2) is 7.36. The van der Waals surface area contributed by atoms with Crippen molar-refractivity contribution in [3.05, 3.63) is 81.8 Å². The van der Waals surface area contributed by atoms with Crippen molar-refractivity contribution in [3.63, 3.8) is 0 Å². The lowest BCUT2D eigenvalue weighted by Gasteiger charge is -2.25. The molecule has 6 heteroatoms. The van der Waals surface area contributed by atoms with Crippen molar-refractivity contribution in [2.24, 2.45) is 0 Å². The van der Waals surface area contributed by atoms with Crippen LogP contribution in [0.25, 0.3) is 0 Å². The number of carbonyl (C=O) groups excluding carboxylic acids is 2. The summed E-state index contributed by atoms with van der Waals surface area (Å²) >= 11 is 1.52. The lowest BCUT2D eigenvalue weighted by Crippen LogP contribution is -2.40. The molecule has 30 heavy (non-hydrogen) atoms. The predicted molar refractivity (Wildman–Crippen MR) is 118 cm³/mol. The summed E-state index contributed by atoms with van der Waals surface area (Å²) < 4.78 is 0. The van der Waals surface area contributed by atoms with Gasteiger partial charge in [0.2, 0.25) is 5.91 Å². The van der Waals surface area contributed by atoms with E-state index in [0.29, 0.717) is 31.6 Å². The first-order chi connectivity index (χ1) is 14.6. The highest BCUT2D eigenvalue weighted by Gasteiger charge is 2.50. The predicted octanol–water partition coefficient (Wildman–Crippen LogP) is 3.82. The van der Waals surface area contributed by atoms with Gasteiger partial charge in [0.1, 0.15) is 0 Å². The van der Waals surface area contributed by atoms with Gasteiger partial charge in [0.15, 0.2) is 0 Å². The number of pyridine rings is 1.